The minimum Gasteiger partial charge on any atom is -0.351 e. The van der Waals surface area contributed by atoms with Gasteiger partial charge in [-0.05, 0) is 19.4 Å². The monoisotopic (exact) mass is 255 g/mol. The number of benzene rings is 1. The maximum atomic E-state index is 11.5. The van der Waals surface area contributed by atoms with E-state index < -0.39 is 21.0 Å². The smallest absolute Gasteiger partial charge is 0.238 e. The second-order valence-corrected chi connectivity index (χ2v) is 6.54. The average molecular weight is 255 g/mol. The Morgan fingerprint density at radius 2 is 1.82 bits per heavy atom. The van der Waals surface area contributed by atoms with Gasteiger partial charge in [0.1, 0.15) is 5.25 Å². The van der Waals surface area contributed by atoms with E-state index >= 15 is 0 Å². The Bertz CT molecular complexity index is 491. The number of sulfone groups is 1. The molecule has 0 saturated heterocycles. The lowest BCUT2D eigenvalue weighted by molar-refractivity contribution is -0.120. The van der Waals surface area contributed by atoms with Crippen LogP contribution in [-0.2, 0) is 21.2 Å². The highest BCUT2D eigenvalue weighted by Gasteiger charge is 2.22. The SMILES string of the molecule is Cc1ccc(CNC(=O)C(C)S(C)(=O)=O)cc1. The van der Waals surface area contributed by atoms with Crippen LogP contribution in [0.1, 0.15) is 18.1 Å². The van der Waals surface area contributed by atoms with Gasteiger partial charge in [0, 0.05) is 12.8 Å². The van der Waals surface area contributed by atoms with Crippen molar-refractivity contribution in [3.63, 3.8) is 0 Å². The second-order valence-electron chi connectivity index (χ2n) is 4.18. The lowest BCUT2D eigenvalue weighted by Crippen LogP contribution is -2.36. The maximum Gasteiger partial charge on any atom is 0.238 e. The molecule has 0 aliphatic carbocycles. The zero-order valence-corrected chi connectivity index (χ0v) is 11.0. The summed E-state index contributed by atoms with van der Waals surface area (Å²) in [6.07, 6.45) is 1.06. The van der Waals surface area contributed by atoms with E-state index in [1.807, 2.05) is 31.2 Å². The highest BCUT2D eigenvalue weighted by atomic mass is 32.2. The molecule has 17 heavy (non-hydrogen) atoms. The molecule has 0 radical (unpaired) electrons. The highest BCUT2D eigenvalue weighted by molar-refractivity contribution is 7.92. The van der Waals surface area contributed by atoms with E-state index in [1.54, 1.807) is 0 Å². The Morgan fingerprint density at radius 1 is 1.29 bits per heavy atom. The topological polar surface area (TPSA) is 63.2 Å². The Hall–Kier alpha value is -1.36. The summed E-state index contributed by atoms with van der Waals surface area (Å²) in [5.41, 5.74) is 2.09. The molecule has 1 aromatic rings. The first-order valence-electron chi connectivity index (χ1n) is 5.33. The lowest BCUT2D eigenvalue weighted by atomic mass is 10.1. The van der Waals surface area contributed by atoms with Crippen LogP contribution in [0.25, 0.3) is 0 Å². The first kappa shape index (κ1) is 13.7. The molecule has 0 aliphatic rings. The minimum absolute atomic E-state index is 0.346. The van der Waals surface area contributed by atoms with Gasteiger partial charge in [0.25, 0.3) is 0 Å². The number of hydrogen-bond acceptors (Lipinski definition) is 3. The van der Waals surface area contributed by atoms with Crippen molar-refractivity contribution in [1.82, 2.24) is 5.32 Å². The molecule has 0 heterocycles. The Morgan fingerprint density at radius 3 is 2.29 bits per heavy atom. The van der Waals surface area contributed by atoms with Crippen LogP contribution in [0.5, 0.6) is 0 Å². The second kappa shape index (κ2) is 5.31. The zero-order chi connectivity index (χ0) is 13.1. The van der Waals surface area contributed by atoms with E-state index in [9.17, 15) is 13.2 Å². The predicted molar refractivity (Wildman–Crippen MR) is 67.3 cm³/mol. The molecule has 0 bridgehead atoms. The van der Waals surface area contributed by atoms with E-state index in [0.717, 1.165) is 17.4 Å². The molecule has 4 nitrogen and oxygen atoms in total. The van der Waals surface area contributed by atoms with Crippen LogP contribution in [0.15, 0.2) is 24.3 Å². The van der Waals surface area contributed by atoms with E-state index in [1.165, 1.54) is 6.92 Å². The van der Waals surface area contributed by atoms with Gasteiger partial charge in [0.05, 0.1) is 0 Å². The van der Waals surface area contributed by atoms with Crippen molar-refractivity contribution in [1.29, 1.82) is 0 Å². The number of carbonyl (C=O) groups excluding carboxylic acids is 1. The number of nitrogens with one attached hydrogen (secondary N) is 1. The quantitative estimate of drug-likeness (QED) is 0.874. The van der Waals surface area contributed by atoms with Gasteiger partial charge in [-0.2, -0.15) is 0 Å². The van der Waals surface area contributed by atoms with Gasteiger partial charge in [-0.15, -0.1) is 0 Å². The van der Waals surface area contributed by atoms with Gasteiger partial charge >= 0.3 is 0 Å². The molecule has 1 atom stereocenters. The van der Waals surface area contributed by atoms with Crippen molar-refractivity contribution in [3.8, 4) is 0 Å². The van der Waals surface area contributed by atoms with Crippen molar-refractivity contribution >= 4 is 15.7 Å². The summed E-state index contributed by atoms with van der Waals surface area (Å²) in [7, 11) is -3.33. The van der Waals surface area contributed by atoms with Gasteiger partial charge in [0.15, 0.2) is 9.84 Å². The third-order valence-electron chi connectivity index (χ3n) is 2.60. The number of carbonyl (C=O) groups is 1. The summed E-state index contributed by atoms with van der Waals surface area (Å²) >= 11 is 0. The molecule has 0 saturated carbocycles. The van der Waals surface area contributed by atoms with Gasteiger partial charge in [-0.25, -0.2) is 8.42 Å². The molecule has 0 aliphatic heterocycles. The molecule has 1 amide bonds. The normalized spacial score (nSPS) is 13.1. The summed E-state index contributed by atoms with van der Waals surface area (Å²) < 4.78 is 22.3. The minimum atomic E-state index is -3.33. The van der Waals surface area contributed by atoms with Crippen LogP contribution in [-0.4, -0.2) is 25.8 Å². The van der Waals surface area contributed by atoms with E-state index in [0.29, 0.717) is 6.54 Å². The molecule has 1 aromatic carbocycles. The first-order valence-corrected chi connectivity index (χ1v) is 7.28. The van der Waals surface area contributed by atoms with Gasteiger partial charge in [-0.1, -0.05) is 29.8 Å². The van der Waals surface area contributed by atoms with Crippen molar-refractivity contribution in [2.45, 2.75) is 25.6 Å². The van der Waals surface area contributed by atoms with Gasteiger partial charge in [0.2, 0.25) is 5.91 Å². The molecular weight excluding hydrogens is 238 g/mol. The molecule has 0 aromatic heterocycles. The van der Waals surface area contributed by atoms with Crippen molar-refractivity contribution in [2.24, 2.45) is 0 Å². The van der Waals surface area contributed by atoms with Gasteiger partial charge in [-0.3, -0.25) is 4.79 Å². The fourth-order valence-corrected chi connectivity index (χ4v) is 1.71. The van der Waals surface area contributed by atoms with Crippen molar-refractivity contribution in [3.05, 3.63) is 35.4 Å². The van der Waals surface area contributed by atoms with Crippen LogP contribution in [0.2, 0.25) is 0 Å². The third-order valence-corrected chi connectivity index (χ3v) is 4.10. The Labute approximate surface area is 102 Å². The summed E-state index contributed by atoms with van der Waals surface area (Å²) in [5, 5.41) is 1.60. The molecular formula is C12H17NO3S. The Kier molecular flexibility index (Phi) is 4.28. The predicted octanol–water partition coefficient (Wildman–Crippen LogP) is 1.04. The average Bonchev–Trinajstić information content (AvgIpc) is 2.25. The van der Waals surface area contributed by atoms with Crippen molar-refractivity contribution < 1.29 is 13.2 Å². The summed E-state index contributed by atoms with van der Waals surface area (Å²) in [6, 6.07) is 7.70. The highest BCUT2D eigenvalue weighted by Crippen LogP contribution is 2.03. The molecule has 94 valence electrons. The molecule has 0 fully saturated rings. The molecule has 5 heteroatoms. The first-order chi connectivity index (χ1) is 7.80. The number of amides is 1. The fraction of sp³-hybridized carbons (Fsp3) is 0.417. The van der Waals surface area contributed by atoms with Crippen LogP contribution in [0, 0.1) is 6.92 Å². The lowest BCUT2D eigenvalue weighted by Gasteiger charge is -2.10. The largest absolute Gasteiger partial charge is 0.351 e. The zero-order valence-electron chi connectivity index (χ0n) is 10.2. The molecule has 1 N–H and O–H groups in total. The van der Waals surface area contributed by atoms with E-state index in [4.69, 9.17) is 0 Å². The van der Waals surface area contributed by atoms with E-state index in [2.05, 4.69) is 5.32 Å². The van der Waals surface area contributed by atoms with E-state index in [-0.39, 0.29) is 0 Å². The standard InChI is InChI=1S/C12H17NO3S/c1-9-4-6-11(7-5-9)8-13-12(14)10(2)17(3,15)16/h4-7,10H,8H2,1-3H3,(H,13,14). The third kappa shape index (κ3) is 4.19. The van der Waals surface area contributed by atoms with Crippen LogP contribution in [0.3, 0.4) is 0 Å². The molecule has 1 rings (SSSR count). The number of rotatable bonds is 4. The fourth-order valence-electron chi connectivity index (χ4n) is 1.23. The summed E-state index contributed by atoms with van der Waals surface area (Å²) in [6.45, 7) is 3.72. The number of aryl methyl sites for hydroxylation is 1. The summed E-state index contributed by atoms with van der Waals surface area (Å²) in [5.74, 6) is -0.465. The maximum absolute atomic E-state index is 11.5. The van der Waals surface area contributed by atoms with Crippen molar-refractivity contribution in [2.75, 3.05) is 6.26 Å². The Balaban J connectivity index is 2.57. The van der Waals surface area contributed by atoms with Crippen LogP contribution in [0.4, 0.5) is 0 Å². The van der Waals surface area contributed by atoms with Gasteiger partial charge < -0.3 is 5.32 Å². The van der Waals surface area contributed by atoms with Crippen LogP contribution >= 0.6 is 0 Å². The van der Waals surface area contributed by atoms with Crippen LogP contribution < -0.4 is 5.32 Å². The molecule has 0 spiro atoms. The summed E-state index contributed by atoms with van der Waals surface area (Å²) in [4.78, 5) is 11.5. The molecule has 1 unspecified atom stereocenters. The number of hydrogen-bond donors (Lipinski definition) is 1.